The van der Waals surface area contributed by atoms with Gasteiger partial charge in [0.2, 0.25) is 0 Å². The summed E-state index contributed by atoms with van der Waals surface area (Å²) < 4.78 is 0.951. The smallest absolute Gasteiger partial charge is 0.136 e. The van der Waals surface area contributed by atoms with Gasteiger partial charge in [-0.3, -0.25) is 0 Å². The summed E-state index contributed by atoms with van der Waals surface area (Å²) in [5.41, 5.74) is 0.153. The topological polar surface area (TPSA) is 3.24 Å². The molecule has 0 saturated carbocycles. The number of hydrogen-bond donors (Lipinski definition) is 0. The van der Waals surface area contributed by atoms with Crippen LogP contribution in [0.15, 0.2) is 0 Å². The number of nitrogens with zero attached hydrogens (tertiary/aromatic N) is 1. The molecule has 0 aliphatic heterocycles. The molecule has 0 saturated heterocycles. The van der Waals surface area contributed by atoms with Crippen LogP contribution < -0.4 is 0 Å². The first-order chi connectivity index (χ1) is 4.39. The molecule has 0 aromatic rings. The maximum absolute atomic E-state index is 5.11. The Morgan fingerprint density at radius 2 is 1.80 bits per heavy atom. The molecule has 0 bridgehead atoms. The lowest BCUT2D eigenvalue weighted by atomic mass is 10.1. The third-order valence-electron chi connectivity index (χ3n) is 1.45. The third-order valence-corrected chi connectivity index (χ3v) is 2.85. The van der Waals surface area contributed by atoms with Gasteiger partial charge >= 0.3 is 0 Å². The van der Waals surface area contributed by atoms with Crippen molar-refractivity contribution in [2.45, 2.75) is 26.3 Å². The highest BCUT2D eigenvalue weighted by Gasteiger charge is 2.18. The first kappa shape index (κ1) is 10.2. The van der Waals surface area contributed by atoms with Gasteiger partial charge in [0.1, 0.15) is 4.32 Å². The molecule has 0 aromatic heterocycles. The largest absolute Gasteiger partial charge is 0.356 e. The summed E-state index contributed by atoms with van der Waals surface area (Å²) in [6.07, 6.45) is 2.00. The second kappa shape index (κ2) is 3.58. The first-order valence-corrected chi connectivity index (χ1v) is 4.84. The zero-order chi connectivity index (χ0) is 8.36. The van der Waals surface area contributed by atoms with Gasteiger partial charge in [0, 0.05) is 12.6 Å². The lowest BCUT2D eigenvalue weighted by Crippen LogP contribution is -2.40. The van der Waals surface area contributed by atoms with Crippen LogP contribution in [-0.2, 0) is 0 Å². The molecule has 0 aliphatic rings. The molecular formula is C7H15NS2. The van der Waals surface area contributed by atoms with E-state index in [1.165, 1.54) is 0 Å². The van der Waals surface area contributed by atoms with Crippen LogP contribution in [0.2, 0.25) is 0 Å². The molecule has 3 heteroatoms. The van der Waals surface area contributed by atoms with E-state index < -0.39 is 0 Å². The molecule has 0 atom stereocenters. The zero-order valence-electron chi connectivity index (χ0n) is 7.26. The summed E-state index contributed by atoms with van der Waals surface area (Å²) in [4.78, 5) is 2.10. The van der Waals surface area contributed by atoms with E-state index in [0.29, 0.717) is 0 Å². The predicted molar refractivity (Wildman–Crippen MR) is 53.6 cm³/mol. The second-order valence-corrected chi connectivity index (χ2v) is 4.64. The van der Waals surface area contributed by atoms with E-state index in [4.69, 9.17) is 12.2 Å². The summed E-state index contributed by atoms with van der Waals surface area (Å²) in [6, 6.07) is 0. The van der Waals surface area contributed by atoms with Gasteiger partial charge in [-0.05, 0) is 27.0 Å². The summed E-state index contributed by atoms with van der Waals surface area (Å²) in [5.74, 6) is 0. The van der Waals surface area contributed by atoms with Crippen LogP contribution in [-0.4, -0.2) is 28.1 Å². The van der Waals surface area contributed by atoms with Crippen LogP contribution in [0.5, 0.6) is 0 Å². The highest BCUT2D eigenvalue weighted by Crippen LogP contribution is 2.15. The van der Waals surface area contributed by atoms with Gasteiger partial charge in [0.05, 0.1) is 0 Å². The van der Waals surface area contributed by atoms with Crippen molar-refractivity contribution in [1.29, 1.82) is 0 Å². The van der Waals surface area contributed by atoms with Crippen molar-refractivity contribution in [3.63, 3.8) is 0 Å². The van der Waals surface area contributed by atoms with Gasteiger partial charge in [-0.15, -0.1) is 11.8 Å². The molecule has 0 unspecified atom stereocenters. The van der Waals surface area contributed by atoms with E-state index in [9.17, 15) is 0 Å². The van der Waals surface area contributed by atoms with Crippen LogP contribution in [0.25, 0.3) is 0 Å². The van der Waals surface area contributed by atoms with Crippen LogP contribution in [0, 0.1) is 0 Å². The van der Waals surface area contributed by atoms with Gasteiger partial charge < -0.3 is 4.90 Å². The van der Waals surface area contributed by atoms with Crippen LogP contribution in [0.4, 0.5) is 0 Å². The van der Waals surface area contributed by atoms with Crippen molar-refractivity contribution >= 4 is 28.3 Å². The molecule has 60 valence electrons. The molecule has 10 heavy (non-hydrogen) atoms. The minimum atomic E-state index is 0.153. The highest BCUT2D eigenvalue weighted by molar-refractivity contribution is 8.22. The Bertz CT molecular complexity index is 126. The van der Waals surface area contributed by atoms with E-state index in [2.05, 4.69) is 25.7 Å². The number of rotatable bonds is 0. The Morgan fingerprint density at radius 3 is 1.90 bits per heavy atom. The van der Waals surface area contributed by atoms with Crippen molar-refractivity contribution in [3.05, 3.63) is 0 Å². The lowest BCUT2D eigenvalue weighted by Gasteiger charge is -2.33. The van der Waals surface area contributed by atoms with Crippen LogP contribution >= 0.6 is 24.0 Å². The monoisotopic (exact) mass is 177 g/mol. The molecule has 0 radical (unpaired) electrons. The molecule has 0 aliphatic carbocycles. The van der Waals surface area contributed by atoms with Gasteiger partial charge in [0.15, 0.2) is 0 Å². The first-order valence-electron chi connectivity index (χ1n) is 3.21. The molecule has 0 amide bonds. The van der Waals surface area contributed by atoms with Gasteiger partial charge in [-0.1, -0.05) is 12.2 Å². The standard InChI is InChI=1S/C7H15NS2/c1-7(2,3)8(4)6(9)10-5/h1-5H3. The van der Waals surface area contributed by atoms with E-state index >= 15 is 0 Å². The maximum Gasteiger partial charge on any atom is 0.136 e. The highest BCUT2D eigenvalue weighted by atomic mass is 32.2. The summed E-state index contributed by atoms with van der Waals surface area (Å²) in [6.45, 7) is 6.44. The summed E-state index contributed by atoms with van der Waals surface area (Å²) in [7, 11) is 2.03. The molecule has 0 rings (SSSR count). The van der Waals surface area contributed by atoms with E-state index in [-0.39, 0.29) is 5.54 Å². The van der Waals surface area contributed by atoms with Crippen molar-refractivity contribution in [2.24, 2.45) is 0 Å². The van der Waals surface area contributed by atoms with Crippen molar-refractivity contribution in [2.75, 3.05) is 13.3 Å². The zero-order valence-corrected chi connectivity index (χ0v) is 8.90. The Balaban J connectivity index is 4.08. The molecule has 0 N–H and O–H groups in total. The summed E-state index contributed by atoms with van der Waals surface area (Å²) in [5, 5.41) is 0. The fourth-order valence-electron chi connectivity index (χ4n) is 0.411. The maximum atomic E-state index is 5.11. The minimum absolute atomic E-state index is 0.153. The fourth-order valence-corrected chi connectivity index (χ4v) is 1.23. The Labute approximate surface area is 73.2 Å². The molecule has 0 fully saturated rings. The third kappa shape index (κ3) is 2.88. The average Bonchev–Trinajstić information content (AvgIpc) is 1.83. The van der Waals surface area contributed by atoms with Crippen LogP contribution in [0.1, 0.15) is 20.8 Å². The quantitative estimate of drug-likeness (QED) is 0.523. The fraction of sp³-hybridized carbons (Fsp3) is 0.857. The second-order valence-electron chi connectivity index (χ2n) is 3.20. The van der Waals surface area contributed by atoms with Gasteiger partial charge in [-0.2, -0.15) is 0 Å². The number of hydrogen-bond acceptors (Lipinski definition) is 2. The Kier molecular flexibility index (Phi) is 3.66. The number of thioether (sulfide) groups is 1. The van der Waals surface area contributed by atoms with Crippen LogP contribution in [0.3, 0.4) is 0 Å². The van der Waals surface area contributed by atoms with Gasteiger partial charge in [-0.25, -0.2) is 0 Å². The normalized spacial score (nSPS) is 11.3. The van der Waals surface area contributed by atoms with E-state index in [0.717, 1.165) is 4.32 Å². The minimum Gasteiger partial charge on any atom is -0.356 e. The van der Waals surface area contributed by atoms with Gasteiger partial charge in [0.25, 0.3) is 0 Å². The SMILES string of the molecule is CSC(=S)N(C)C(C)(C)C. The molecule has 1 nitrogen and oxygen atoms in total. The average molecular weight is 177 g/mol. The van der Waals surface area contributed by atoms with E-state index in [1.54, 1.807) is 11.8 Å². The molecule has 0 spiro atoms. The number of thiocarbonyl (C=S) groups is 1. The molecule has 0 aromatic carbocycles. The van der Waals surface area contributed by atoms with Crippen molar-refractivity contribution in [3.8, 4) is 0 Å². The molecule has 0 heterocycles. The predicted octanol–water partition coefficient (Wildman–Crippen LogP) is 2.36. The Morgan fingerprint density at radius 1 is 1.40 bits per heavy atom. The Hall–Kier alpha value is 0.240. The summed E-state index contributed by atoms with van der Waals surface area (Å²) >= 11 is 6.73. The molecular weight excluding hydrogens is 162 g/mol. The van der Waals surface area contributed by atoms with E-state index in [1.807, 2.05) is 13.3 Å². The lowest BCUT2D eigenvalue weighted by molar-refractivity contribution is 0.291. The van der Waals surface area contributed by atoms with Crippen molar-refractivity contribution in [1.82, 2.24) is 4.90 Å². The van der Waals surface area contributed by atoms with Crippen molar-refractivity contribution < 1.29 is 0 Å².